The van der Waals surface area contributed by atoms with Gasteiger partial charge in [-0.25, -0.2) is 0 Å². The molecular formula is C14H21Cl2N3O3. The lowest BCUT2D eigenvalue weighted by molar-refractivity contribution is -0.135. The van der Waals surface area contributed by atoms with E-state index < -0.39 is 0 Å². The van der Waals surface area contributed by atoms with E-state index in [4.69, 9.17) is 22.1 Å². The molecule has 3 N–H and O–H groups in total. The predicted octanol–water partition coefficient (Wildman–Crippen LogP) is 1.52. The number of amides is 2. The molecule has 8 heteroatoms. The van der Waals surface area contributed by atoms with Gasteiger partial charge in [0.05, 0.1) is 19.1 Å². The van der Waals surface area contributed by atoms with Crippen LogP contribution in [0.1, 0.15) is 6.42 Å². The summed E-state index contributed by atoms with van der Waals surface area (Å²) in [6.07, 6.45) is -0.190. The van der Waals surface area contributed by atoms with Gasteiger partial charge in [0.25, 0.3) is 0 Å². The Labute approximate surface area is 141 Å². The number of nitrogens with two attached hydrogens (primary N) is 1. The zero-order chi connectivity index (χ0) is 15.8. The average Bonchev–Trinajstić information content (AvgIpc) is 2.44. The number of nitrogens with zero attached hydrogens (tertiary/aromatic N) is 1. The molecule has 2 amide bonds. The van der Waals surface area contributed by atoms with E-state index in [1.54, 1.807) is 31.3 Å². The summed E-state index contributed by atoms with van der Waals surface area (Å²) in [4.78, 5) is 25.1. The Morgan fingerprint density at radius 1 is 1.45 bits per heavy atom. The molecule has 0 spiro atoms. The van der Waals surface area contributed by atoms with E-state index in [0.29, 0.717) is 10.7 Å². The van der Waals surface area contributed by atoms with Crippen molar-refractivity contribution in [2.45, 2.75) is 12.5 Å². The Bertz CT molecular complexity index is 496. The molecule has 0 saturated carbocycles. The molecule has 1 aromatic carbocycles. The Balaban J connectivity index is 0.00000441. The minimum Gasteiger partial charge on any atom is -0.380 e. The van der Waals surface area contributed by atoms with Crippen LogP contribution >= 0.6 is 24.0 Å². The number of carbonyl (C=O) groups is 2. The molecule has 0 aromatic heterocycles. The van der Waals surface area contributed by atoms with Gasteiger partial charge in [-0.15, -0.1) is 12.4 Å². The lowest BCUT2D eigenvalue weighted by Gasteiger charge is -2.19. The van der Waals surface area contributed by atoms with Crippen LogP contribution in [0.5, 0.6) is 0 Å². The topological polar surface area (TPSA) is 84.7 Å². The predicted molar refractivity (Wildman–Crippen MR) is 89.4 cm³/mol. The normalized spacial score (nSPS) is 11.3. The molecule has 1 aromatic rings. The average molecular weight is 350 g/mol. The summed E-state index contributed by atoms with van der Waals surface area (Å²) < 4.78 is 5.05. The van der Waals surface area contributed by atoms with Gasteiger partial charge in [-0.3, -0.25) is 9.59 Å². The fourth-order valence-corrected chi connectivity index (χ4v) is 1.87. The molecule has 0 aliphatic carbocycles. The summed E-state index contributed by atoms with van der Waals surface area (Å²) >= 11 is 5.83. The minimum atomic E-state index is -0.337. The van der Waals surface area contributed by atoms with E-state index >= 15 is 0 Å². The molecule has 6 nitrogen and oxygen atoms in total. The Morgan fingerprint density at radius 3 is 2.68 bits per heavy atom. The maximum Gasteiger partial charge on any atom is 0.243 e. The first-order valence-corrected chi connectivity index (χ1v) is 6.86. The maximum atomic E-state index is 11.9. The molecule has 0 heterocycles. The van der Waals surface area contributed by atoms with Crippen molar-refractivity contribution in [1.29, 1.82) is 0 Å². The van der Waals surface area contributed by atoms with E-state index in [9.17, 15) is 9.59 Å². The number of rotatable bonds is 7. The van der Waals surface area contributed by atoms with E-state index in [1.807, 2.05) is 0 Å². The van der Waals surface area contributed by atoms with Crippen LogP contribution in [0.2, 0.25) is 5.02 Å². The molecule has 1 atom stereocenters. The third-order valence-electron chi connectivity index (χ3n) is 2.91. The zero-order valence-corrected chi connectivity index (χ0v) is 14.1. The van der Waals surface area contributed by atoms with Crippen LogP contribution in [-0.4, -0.2) is 50.1 Å². The highest BCUT2D eigenvalue weighted by Crippen LogP contribution is 2.14. The van der Waals surface area contributed by atoms with E-state index in [2.05, 4.69) is 5.32 Å². The summed E-state index contributed by atoms with van der Waals surface area (Å²) in [5.74, 6) is -0.497. The van der Waals surface area contributed by atoms with Crippen LogP contribution < -0.4 is 11.1 Å². The van der Waals surface area contributed by atoms with Gasteiger partial charge in [-0.05, 0) is 18.2 Å². The van der Waals surface area contributed by atoms with E-state index in [1.165, 1.54) is 12.0 Å². The lowest BCUT2D eigenvalue weighted by atomic mass is 10.2. The van der Waals surface area contributed by atoms with E-state index in [0.717, 1.165) is 0 Å². The summed E-state index contributed by atoms with van der Waals surface area (Å²) in [7, 11) is 3.06. The van der Waals surface area contributed by atoms with Crippen LogP contribution in [0.25, 0.3) is 0 Å². The number of benzene rings is 1. The molecule has 0 radical (unpaired) electrons. The number of carbonyl (C=O) groups excluding carboxylic acids is 2. The van der Waals surface area contributed by atoms with Crippen LogP contribution in [0.4, 0.5) is 5.69 Å². The van der Waals surface area contributed by atoms with Crippen molar-refractivity contribution in [3.05, 3.63) is 29.3 Å². The molecule has 0 saturated heterocycles. The minimum absolute atomic E-state index is 0. The Morgan fingerprint density at radius 2 is 2.14 bits per heavy atom. The number of ether oxygens (including phenoxy) is 1. The van der Waals surface area contributed by atoms with Crippen molar-refractivity contribution in [3.63, 3.8) is 0 Å². The molecule has 124 valence electrons. The second-order valence-corrected chi connectivity index (χ2v) is 5.04. The third kappa shape index (κ3) is 7.09. The van der Waals surface area contributed by atoms with Crippen LogP contribution in [-0.2, 0) is 14.3 Å². The number of halogens is 2. The van der Waals surface area contributed by atoms with Crippen LogP contribution in [0.15, 0.2) is 24.3 Å². The maximum absolute atomic E-state index is 11.9. The van der Waals surface area contributed by atoms with Crippen molar-refractivity contribution >= 4 is 41.5 Å². The highest BCUT2D eigenvalue weighted by molar-refractivity contribution is 6.30. The number of hydrogen-bond donors (Lipinski definition) is 2. The SMILES string of the molecule is COC(CN)CC(=O)N(C)CC(=O)Nc1cccc(Cl)c1.Cl. The molecule has 0 fully saturated rings. The molecule has 1 unspecified atom stereocenters. The summed E-state index contributed by atoms with van der Waals surface area (Å²) in [6, 6.07) is 6.81. The second kappa shape index (κ2) is 10.4. The number of hydrogen-bond acceptors (Lipinski definition) is 4. The van der Waals surface area contributed by atoms with Crippen LogP contribution in [0, 0.1) is 0 Å². The van der Waals surface area contributed by atoms with Gasteiger partial charge in [0.2, 0.25) is 11.8 Å². The molecule has 0 aliphatic heterocycles. The van der Waals surface area contributed by atoms with Crippen molar-refractivity contribution in [2.75, 3.05) is 32.6 Å². The Hall–Kier alpha value is -1.34. The summed E-state index contributed by atoms with van der Waals surface area (Å²) in [5.41, 5.74) is 6.05. The molecular weight excluding hydrogens is 329 g/mol. The first kappa shape index (κ1) is 20.7. The highest BCUT2D eigenvalue weighted by atomic mass is 35.5. The monoisotopic (exact) mass is 349 g/mol. The first-order chi connectivity index (χ1) is 9.96. The number of likely N-dealkylation sites (N-methyl/N-ethyl adjacent to an activating group) is 1. The second-order valence-electron chi connectivity index (χ2n) is 4.61. The quantitative estimate of drug-likeness (QED) is 0.781. The van der Waals surface area contributed by atoms with Gasteiger partial charge in [0.15, 0.2) is 0 Å². The fraction of sp³-hybridized carbons (Fsp3) is 0.429. The third-order valence-corrected chi connectivity index (χ3v) is 3.15. The standard InChI is InChI=1S/C14H20ClN3O3.ClH/c1-18(14(20)7-12(8-16)21-2)9-13(19)17-11-5-3-4-10(15)6-11;/h3-6,12H,7-9,16H2,1-2H3,(H,17,19);1H. The molecule has 0 aliphatic rings. The molecule has 22 heavy (non-hydrogen) atoms. The fourth-order valence-electron chi connectivity index (χ4n) is 1.68. The van der Waals surface area contributed by atoms with Crippen molar-refractivity contribution in [1.82, 2.24) is 4.90 Å². The van der Waals surface area contributed by atoms with Gasteiger partial charge in [-0.2, -0.15) is 0 Å². The van der Waals surface area contributed by atoms with E-state index in [-0.39, 0.29) is 49.8 Å². The van der Waals surface area contributed by atoms with Gasteiger partial charge >= 0.3 is 0 Å². The van der Waals surface area contributed by atoms with Gasteiger partial charge < -0.3 is 20.7 Å². The highest BCUT2D eigenvalue weighted by Gasteiger charge is 2.17. The van der Waals surface area contributed by atoms with Crippen molar-refractivity contribution in [3.8, 4) is 0 Å². The lowest BCUT2D eigenvalue weighted by Crippen LogP contribution is -2.38. The molecule has 0 bridgehead atoms. The molecule has 1 rings (SSSR count). The first-order valence-electron chi connectivity index (χ1n) is 6.48. The smallest absolute Gasteiger partial charge is 0.243 e. The Kier molecular flexibility index (Phi) is 9.76. The largest absolute Gasteiger partial charge is 0.380 e. The zero-order valence-electron chi connectivity index (χ0n) is 12.5. The van der Waals surface area contributed by atoms with Crippen molar-refractivity contribution in [2.24, 2.45) is 5.73 Å². The number of methoxy groups -OCH3 is 1. The summed E-state index contributed by atoms with van der Waals surface area (Å²) in [5, 5.41) is 3.21. The number of anilines is 1. The van der Waals surface area contributed by atoms with Crippen LogP contribution in [0.3, 0.4) is 0 Å². The number of nitrogens with one attached hydrogen (secondary N) is 1. The van der Waals surface area contributed by atoms with Gasteiger partial charge in [-0.1, -0.05) is 17.7 Å². The summed E-state index contributed by atoms with van der Waals surface area (Å²) in [6.45, 7) is 0.205. The van der Waals surface area contributed by atoms with Gasteiger partial charge in [0, 0.05) is 31.4 Å². The van der Waals surface area contributed by atoms with Gasteiger partial charge in [0.1, 0.15) is 0 Å². The van der Waals surface area contributed by atoms with Crippen molar-refractivity contribution < 1.29 is 14.3 Å².